The van der Waals surface area contributed by atoms with Crippen molar-refractivity contribution in [3.8, 4) is 5.75 Å². The lowest BCUT2D eigenvalue weighted by Crippen LogP contribution is -2.37. The van der Waals surface area contributed by atoms with E-state index in [4.69, 9.17) is 4.74 Å². The van der Waals surface area contributed by atoms with Crippen molar-refractivity contribution in [3.63, 3.8) is 0 Å². The van der Waals surface area contributed by atoms with Crippen molar-refractivity contribution in [3.05, 3.63) is 59.4 Å². The van der Waals surface area contributed by atoms with E-state index in [1.807, 2.05) is 24.3 Å². The minimum atomic E-state index is 0.659. The van der Waals surface area contributed by atoms with Crippen LogP contribution in [0.25, 0.3) is 11.0 Å². The number of H-pyrrole nitrogens is 1. The zero-order valence-corrected chi connectivity index (χ0v) is 16.2. The van der Waals surface area contributed by atoms with Crippen LogP contribution in [0.2, 0.25) is 0 Å². The number of aliphatic imine (C=N–C) groups is 1. The third-order valence-corrected chi connectivity index (χ3v) is 4.43. The molecule has 0 bridgehead atoms. The Morgan fingerprint density at radius 3 is 2.81 bits per heavy atom. The minimum absolute atomic E-state index is 0.659. The van der Waals surface area contributed by atoms with Crippen LogP contribution in [0.4, 0.5) is 0 Å². The summed E-state index contributed by atoms with van der Waals surface area (Å²) in [6.45, 7) is 3.54. The molecule has 0 unspecified atom stereocenters. The first-order chi connectivity index (χ1) is 13.2. The maximum absolute atomic E-state index is 5.45. The number of ether oxygens (including phenoxy) is 1. The smallest absolute Gasteiger partial charge is 0.191 e. The first-order valence-electron chi connectivity index (χ1n) is 9.21. The van der Waals surface area contributed by atoms with Crippen molar-refractivity contribution in [1.82, 2.24) is 20.6 Å². The number of aryl methyl sites for hydroxylation is 2. The van der Waals surface area contributed by atoms with Gasteiger partial charge in [-0.25, -0.2) is 4.98 Å². The van der Waals surface area contributed by atoms with Gasteiger partial charge in [0.2, 0.25) is 0 Å². The van der Waals surface area contributed by atoms with Crippen LogP contribution in [0.1, 0.15) is 23.4 Å². The summed E-state index contributed by atoms with van der Waals surface area (Å²) in [5.74, 6) is 2.69. The molecule has 0 spiro atoms. The molecule has 0 amide bonds. The number of benzene rings is 2. The molecule has 1 heterocycles. The SMILES string of the molecule is CN=C(NCCCc1nc2ccccc2[nH]1)NCc1ccc(C)cc1OC. The highest BCUT2D eigenvalue weighted by Gasteiger charge is 2.05. The average molecular weight is 365 g/mol. The fraction of sp³-hybridized carbons (Fsp3) is 0.333. The van der Waals surface area contributed by atoms with Gasteiger partial charge in [-0.3, -0.25) is 4.99 Å². The molecule has 2 aromatic carbocycles. The Hall–Kier alpha value is -3.02. The summed E-state index contributed by atoms with van der Waals surface area (Å²) >= 11 is 0. The zero-order valence-electron chi connectivity index (χ0n) is 16.2. The fourth-order valence-electron chi connectivity index (χ4n) is 2.98. The van der Waals surface area contributed by atoms with Crippen LogP contribution in [-0.4, -0.2) is 36.6 Å². The molecule has 142 valence electrons. The van der Waals surface area contributed by atoms with E-state index >= 15 is 0 Å². The number of nitrogens with one attached hydrogen (secondary N) is 3. The molecule has 0 saturated heterocycles. The molecule has 6 heteroatoms. The number of guanidine groups is 1. The van der Waals surface area contributed by atoms with Gasteiger partial charge in [0.1, 0.15) is 11.6 Å². The molecule has 27 heavy (non-hydrogen) atoms. The van der Waals surface area contributed by atoms with E-state index in [0.717, 1.165) is 53.5 Å². The summed E-state index contributed by atoms with van der Waals surface area (Å²) in [5, 5.41) is 6.68. The highest BCUT2D eigenvalue weighted by molar-refractivity contribution is 5.79. The number of aromatic amines is 1. The van der Waals surface area contributed by atoms with Crippen LogP contribution in [0.5, 0.6) is 5.75 Å². The standard InChI is InChI=1S/C21H27N5O/c1-15-10-11-16(19(13-15)27-3)14-24-21(22-2)23-12-6-9-20-25-17-7-4-5-8-18(17)26-20/h4-5,7-8,10-11,13H,6,9,12,14H2,1-3H3,(H,25,26)(H2,22,23,24). The molecule has 3 rings (SSSR count). The van der Waals surface area contributed by atoms with Gasteiger partial charge in [-0.05, 0) is 37.1 Å². The maximum atomic E-state index is 5.45. The Morgan fingerprint density at radius 1 is 1.19 bits per heavy atom. The number of hydrogen-bond donors (Lipinski definition) is 3. The van der Waals surface area contributed by atoms with Gasteiger partial charge in [-0.15, -0.1) is 0 Å². The Bertz CT molecular complexity index is 883. The Kier molecular flexibility index (Phi) is 6.30. The van der Waals surface area contributed by atoms with Gasteiger partial charge in [0, 0.05) is 32.1 Å². The molecule has 0 aliphatic carbocycles. The highest BCUT2D eigenvalue weighted by atomic mass is 16.5. The van der Waals surface area contributed by atoms with Gasteiger partial charge in [-0.2, -0.15) is 0 Å². The van der Waals surface area contributed by atoms with Gasteiger partial charge in [0.05, 0.1) is 18.1 Å². The number of hydrogen-bond acceptors (Lipinski definition) is 3. The van der Waals surface area contributed by atoms with E-state index in [9.17, 15) is 0 Å². The van der Waals surface area contributed by atoms with Crippen molar-refractivity contribution >= 4 is 17.0 Å². The summed E-state index contributed by atoms with van der Waals surface area (Å²) < 4.78 is 5.45. The summed E-state index contributed by atoms with van der Waals surface area (Å²) in [7, 11) is 3.48. The summed E-state index contributed by atoms with van der Waals surface area (Å²) in [6.07, 6.45) is 1.86. The number of rotatable bonds is 7. The molecule has 0 fully saturated rings. The number of methoxy groups -OCH3 is 1. The molecule has 3 N–H and O–H groups in total. The Balaban J connectivity index is 1.45. The molecule has 0 aliphatic heterocycles. The molecule has 1 aromatic heterocycles. The quantitative estimate of drug-likeness (QED) is 0.342. The summed E-state index contributed by atoms with van der Waals surface area (Å²) in [4.78, 5) is 12.3. The average Bonchev–Trinajstić information content (AvgIpc) is 3.11. The van der Waals surface area contributed by atoms with Crippen molar-refractivity contribution in [2.24, 2.45) is 4.99 Å². The highest BCUT2D eigenvalue weighted by Crippen LogP contribution is 2.19. The zero-order chi connectivity index (χ0) is 19.1. The van der Waals surface area contributed by atoms with E-state index in [2.05, 4.69) is 50.7 Å². The summed E-state index contributed by atoms with van der Waals surface area (Å²) in [5.41, 5.74) is 4.40. The third kappa shape index (κ3) is 5.00. The van der Waals surface area contributed by atoms with E-state index in [0.29, 0.717) is 6.54 Å². The van der Waals surface area contributed by atoms with E-state index in [1.54, 1.807) is 14.2 Å². The largest absolute Gasteiger partial charge is 0.496 e. The lowest BCUT2D eigenvalue weighted by molar-refractivity contribution is 0.408. The normalized spacial score (nSPS) is 11.6. The van der Waals surface area contributed by atoms with Crippen LogP contribution >= 0.6 is 0 Å². The first kappa shape index (κ1) is 18.8. The van der Waals surface area contributed by atoms with Crippen LogP contribution in [-0.2, 0) is 13.0 Å². The van der Waals surface area contributed by atoms with Gasteiger partial charge in [-0.1, -0.05) is 24.3 Å². The van der Waals surface area contributed by atoms with E-state index in [1.165, 1.54) is 5.56 Å². The number of aromatic nitrogens is 2. The number of imidazole rings is 1. The summed E-state index contributed by atoms with van der Waals surface area (Å²) in [6, 6.07) is 14.3. The molecule has 0 radical (unpaired) electrons. The van der Waals surface area contributed by atoms with Gasteiger partial charge in [0.15, 0.2) is 5.96 Å². The van der Waals surface area contributed by atoms with Gasteiger partial charge >= 0.3 is 0 Å². The van der Waals surface area contributed by atoms with Crippen molar-refractivity contribution in [2.75, 3.05) is 20.7 Å². The molecule has 0 aliphatic rings. The molecule has 0 atom stereocenters. The molecule has 0 saturated carbocycles. The van der Waals surface area contributed by atoms with E-state index in [-0.39, 0.29) is 0 Å². The van der Waals surface area contributed by atoms with Gasteiger partial charge in [0.25, 0.3) is 0 Å². The molecular formula is C21H27N5O. The molecular weight excluding hydrogens is 338 g/mol. The number of fused-ring (bicyclic) bond motifs is 1. The monoisotopic (exact) mass is 365 g/mol. The maximum Gasteiger partial charge on any atom is 0.191 e. The fourth-order valence-corrected chi connectivity index (χ4v) is 2.98. The second-order valence-corrected chi connectivity index (χ2v) is 6.47. The minimum Gasteiger partial charge on any atom is -0.496 e. The Labute approximate surface area is 160 Å². The second-order valence-electron chi connectivity index (χ2n) is 6.47. The first-order valence-corrected chi connectivity index (χ1v) is 9.21. The number of nitrogens with zero attached hydrogens (tertiary/aromatic N) is 2. The third-order valence-electron chi connectivity index (χ3n) is 4.43. The predicted molar refractivity (Wildman–Crippen MR) is 110 cm³/mol. The van der Waals surface area contributed by atoms with Crippen LogP contribution in [0.3, 0.4) is 0 Å². The topological polar surface area (TPSA) is 74.3 Å². The van der Waals surface area contributed by atoms with Gasteiger partial charge < -0.3 is 20.4 Å². The second kappa shape index (κ2) is 9.07. The van der Waals surface area contributed by atoms with Crippen LogP contribution in [0.15, 0.2) is 47.5 Å². The number of para-hydroxylation sites is 2. The van der Waals surface area contributed by atoms with Crippen molar-refractivity contribution < 1.29 is 4.74 Å². The molecule has 3 aromatic rings. The molecule has 6 nitrogen and oxygen atoms in total. The lowest BCUT2D eigenvalue weighted by Gasteiger charge is -2.14. The van der Waals surface area contributed by atoms with Crippen molar-refractivity contribution in [2.45, 2.75) is 26.3 Å². The lowest BCUT2D eigenvalue weighted by atomic mass is 10.1. The van der Waals surface area contributed by atoms with Crippen LogP contribution < -0.4 is 15.4 Å². The van der Waals surface area contributed by atoms with Crippen LogP contribution in [0, 0.1) is 6.92 Å². The predicted octanol–water partition coefficient (Wildman–Crippen LogP) is 3.18. The van der Waals surface area contributed by atoms with E-state index < -0.39 is 0 Å². The van der Waals surface area contributed by atoms with Crippen molar-refractivity contribution in [1.29, 1.82) is 0 Å². The Morgan fingerprint density at radius 2 is 2.04 bits per heavy atom.